The molecule has 1 atom stereocenters. The van der Waals surface area contributed by atoms with Gasteiger partial charge in [-0.15, -0.1) is 11.8 Å². The fourth-order valence-electron chi connectivity index (χ4n) is 1.54. The van der Waals surface area contributed by atoms with Crippen LogP contribution in [-0.2, 0) is 4.74 Å². The van der Waals surface area contributed by atoms with Crippen LogP contribution >= 0.6 is 11.8 Å². The minimum Gasteiger partial charge on any atom is -0.392 e. The van der Waals surface area contributed by atoms with Crippen LogP contribution in [0, 0.1) is 6.92 Å². The number of methoxy groups -OCH3 is 1. The molecule has 0 aliphatic carbocycles. The lowest BCUT2D eigenvalue weighted by molar-refractivity contribution is 0.165. The molecule has 0 saturated carbocycles. The van der Waals surface area contributed by atoms with E-state index in [0.717, 1.165) is 31.6 Å². The van der Waals surface area contributed by atoms with Crippen molar-refractivity contribution in [1.82, 2.24) is 0 Å². The molecule has 1 N–H and O–H groups in total. The average molecular weight is 254 g/mol. The summed E-state index contributed by atoms with van der Waals surface area (Å²) >= 11 is 1.72. The molecule has 3 heteroatoms. The summed E-state index contributed by atoms with van der Waals surface area (Å²) in [5.74, 6) is 0.774. The van der Waals surface area contributed by atoms with E-state index in [-0.39, 0.29) is 6.10 Å². The second-order valence-electron chi connectivity index (χ2n) is 4.27. The second kappa shape index (κ2) is 8.56. The summed E-state index contributed by atoms with van der Waals surface area (Å²) in [6.07, 6.45) is 2.72. The fraction of sp³-hybridized carbons (Fsp3) is 0.571. The number of unbranched alkanes of at least 4 members (excludes halogenated alkanes) is 1. The quantitative estimate of drug-likeness (QED) is 0.570. The smallest absolute Gasteiger partial charge is 0.0634 e. The van der Waals surface area contributed by atoms with Crippen molar-refractivity contribution in [2.75, 3.05) is 19.5 Å². The number of hydrogen-bond acceptors (Lipinski definition) is 3. The molecule has 96 valence electrons. The van der Waals surface area contributed by atoms with Crippen molar-refractivity contribution < 1.29 is 9.84 Å². The van der Waals surface area contributed by atoms with Gasteiger partial charge in [0.2, 0.25) is 0 Å². The van der Waals surface area contributed by atoms with Crippen molar-refractivity contribution in [3.8, 4) is 0 Å². The molecule has 0 radical (unpaired) electrons. The van der Waals surface area contributed by atoms with Crippen LogP contribution in [0.25, 0.3) is 0 Å². The van der Waals surface area contributed by atoms with Gasteiger partial charge in [0.15, 0.2) is 0 Å². The third kappa shape index (κ3) is 6.71. The van der Waals surface area contributed by atoms with Gasteiger partial charge >= 0.3 is 0 Å². The van der Waals surface area contributed by atoms with Gasteiger partial charge < -0.3 is 9.84 Å². The Hall–Kier alpha value is -0.510. The zero-order valence-electron chi connectivity index (χ0n) is 10.7. The van der Waals surface area contributed by atoms with Gasteiger partial charge in [-0.25, -0.2) is 0 Å². The molecule has 0 aromatic heterocycles. The van der Waals surface area contributed by atoms with Gasteiger partial charge in [0.25, 0.3) is 0 Å². The normalized spacial score (nSPS) is 12.6. The summed E-state index contributed by atoms with van der Waals surface area (Å²) in [6.45, 7) is 2.87. The van der Waals surface area contributed by atoms with Crippen molar-refractivity contribution >= 4 is 11.8 Å². The van der Waals surface area contributed by atoms with Gasteiger partial charge in [0, 0.05) is 24.4 Å². The monoisotopic (exact) mass is 254 g/mol. The maximum absolute atomic E-state index is 9.80. The van der Waals surface area contributed by atoms with E-state index >= 15 is 0 Å². The first-order chi connectivity index (χ1) is 8.22. The zero-order valence-corrected chi connectivity index (χ0v) is 11.5. The number of aliphatic hydroxyl groups is 1. The predicted molar refractivity (Wildman–Crippen MR) is 73.6 cm³/mol. The SMILES string of the molecule is COCCCCC(O)CSc1ccc(C)cc1. The molecule has 0 spiro atoms. The number of benzene rings is 1. The Kier molecular flexibility index (Phi) is 7.33. The molecule has 0 amide bonds. The first-order valence-electron chi connectivity index (χ1n) is 6.09. The van der Waals surface area contributed by atoms with Crippen LogP contribution in [-0.4, -0.2) is 30.7 Å². The summed E-state index contributed by atoms with van der Waals surface area (Å²) in [5, 5.41) is 9.80. The van der Waals surface area contributed by atoms with Gasteiger partial charge in [-0.2, -0.15) is 0 Å². The van der Waals surface area contributed by atoms with Crippen molar-refractivity contribution in [1.29, 1.82) is 0 Å². The van der Waals surface area contributed by atoms with E-state index < -0.39 is 0 Å². The van der Waals surface area contributed by atoms with E-state index in [0.29, 0.717) is 0 Å². The molecule has 17 heavy (non-hydrogen) atoms. The number of aryl methyl sites for hydroxylation is 1. The van der Waals surface area contributed by atoms with E-state index in [9.17, 15) is 5.11 Å². The Morgan fingerprint density at radius 1 is 1.24 bits per heavy atom. The molecule has 0 aliphatic heterocycles. The van der Waals surface area contributed by atoms with Crippen LogP contribution in [0.1, 0.15) is 24.8 Å². The van der Waals surface area contributed by atoms with Crippen LogP contribution in [0.4, 0.5) is 0 Å². The first kappa shape index (κ1) is 14.6. The zero-order chi connectivity index (χ0) is 12.5. The highest BCUT2D eigenvalue weighted by Gasteiger charge is 2.04. The molecular weight excluding hydrogens is 232 g/mol. The van der Waals surface area contributed by atoms with Crippen molar-refractivity contribution in [3.05, 3.63) is 29.8 Å². The molecule has 0 aliphatic rings. The van der Waals surface area contributed by atoms with Crippen LogP contribution in [0.15, 0.2) is 29.2 Å². The second-order valence-corrected chi connectivity index (χ2v) is 5.36. The third-order valence-electron chi connectivity index (χ3n) is 2.60. The van der Waals surface area contributed by atoms with Crippen LogP contribution in [0.2, 0.25) is 0 Å². The van der Waals surface area contributed by atoms with Gasteiger partial charge in [-0.1, -0.05) is 17.7 Å². The minimum atomic E-state index is -0.210. The average Bonchev–Trinajstić information content (AvgIpc) is 2.34. The maximum atomic E-state index is 9.80. The topological polar surface area (TPSA) is 29.5 Å². The minimum absolute atomic E-state index is 0.210. The number of rotatable bonds is 8. The lowest BCUT2D eigenvalue weighted by Crippen LogP contribution is -2.09. The number of hydrogen-bond donors (Lipinski definition) is 1. The Morgan fingerprint density at radius 3 is 2.59 bits per heavy atom. The molecule has 0 fully saturated rings. The Morgan fingerprint density at radius 2 is 1.94 bits per heavy atom. The molecule has 0 saturated heterocycles. The molecule has 2 nitrogen and oxygen atoms in total. The van der Waals surface area contributed by atoms with E-state index in [1.165, 1.54) is 10.5 Å². The molecule has 1 aromatic rings. The number of ether oxygens (including phenoxy) is 1. The van der Waals surface area contributed by atoms with E-state index in [4.69, 9.17) is 4.74 Å². The summed E-state index contributed by atoms with van der Waals surface area (Å²) in [6, 6.07) is 8.43. The van der Waals surface area contributed by atoms with Crippen molar-refractivity contribution in [2.45, 2.75) is 37.2 Å². The number of thioether (sulfide) groups is 1. The van der Waals surface area contributed by atoms with Crippen molar-refractivity contribution in [2.24, 2.45) is 0 Å². The largest absolute Gasteiger partial charge is 0.392 e. The third-order valence-corrected chi connectivity index (χ3v) is 3.76. The molecule has 0 bridgehead atoms. The molecule has 0 heterocycles. The Balaban J connectivity index is 2.14. The van der Waals surface area contributed by atoms with Crippen LogP contribution in [0.5, 0.6) is 0 Å². The van der Waals surface area contributed by atoms with E-state index in [1.54, 1.807) is 18.9 Å². The highest BCUT2D eigenvalue weighted by atomic mass is 32.2. The molecular formula is C14H22O2S. The van der Waals surface area contributed by atoms with Crippen molar-refractivity contribution in [3.63, 3.8) is 0 Å². The molecule has 1 aromatic carbocycles. The highest BCUT2D eigenvalue weighted by Crippen LogP contribution is 2.20. The van der Waals surface area contributed by atoms with Gasteiger partial charge in [0.05, 0.1) is 6.10 Å². The standard InChI is InChI=1S/C14H22O2S/c1-12-6-8-14(9-7-12)17-11-13(15)5-3-4-10-16-2/h6-9,13,15H,3-5,10-11H2,1-2H3. The lowest BCUT2D eigenvalue weighted by atomic mass is 10.2. The van der Waals surface area contributed by atoms with Gasteiger partial charge in [0.1, 0.15) is 0 Å². The van der Waals surface area contributed by atoms with Gasteiger partial charge in [-0.3, -0.25) is 0 Å². The molecule has 1 rings (SSSR count). The number of aliphatic hydroxyl groups excluding tert-OH is 1. The highest BCUT2D eigenvalue weighted by molar-refractivity contribution is 7.99. The van der Waals surface area contributed by atoms with E-state index in [1.807, 2.05) is 0 Å². The fourth-order valence-corrected chi connectivity index (χ4v) is 2.42. The summed E-state index contributed by atoms with van der Waals surface area (Å²) < 4.78 is 4.98. The predicted octanol–water partition coefficient (Wildman–Crippen LogP) is 3.26. The van der Waals surface area contributed by atoms with Crippen LogP contribution in [0.3, 0.4) is 0 Å². The first-order valence-corrected chi connectivity index (χ1v) is 7.07. The lowest BCUT2D eigenvalue weighted by Gasteiger charge is -2.10. The van der Waals surface area contributed by atoms with E-state index in [2.05, 4.69) is 31.2 Å². The Bertz CT molecular complexity index is 298. The summed E-state index contributed by atoms with van der Waals surface area (Å²) in [4.78, 5) is 1.23. The summed E-state index contributed by atoms with van der Waals surface area (Å²) in [5.41, 5.74) is 1.27. The Labute approximate surface area is 108 Å². The summed E-state index contributed by atoms with van der Waals surface area (Å²) in [7, 11) is 1.71. The van der Waals surface area contributed by atoms with Crippen LogP contribution < -0.4 is 0 Å². The van der Waals surface area contributed by atoms with Gasteiger partial charge in [-0.05, 0) is 38.3 Å². The molecule has 1 unspecified atom stereocenters. The maximum Gasteiger partial charge on any atom is 0.0634 e.